The Kier molecular flexibility index (Phi) is 5.46. The summed E-state index contributed by atoms with van der Waals surface area (Å²) in [4.78, 5) is 25.1. The van der Waals surface area contributed by atoms with Gasteiger partial charge in [-0.15, -0.1) is 0 Å². The number of hydrogen-bond donors (Lipinski definition) is 1. The number of methoxy groups -OCH3 is 1. The van der Waals surface area contributed by atoms with E-state index in [1.54, 1.807) is 40.0 Å². The summed E-state index contributed by atoms with van der Waals surface area (Å²) >= 11 is 0. The van der Waals surface area contributed by atoms with Crippen molar-refractivity contribution in [1.82, 2.24) is 0 Å². The Hall–Kier alpha value is -2.04. The highest BCUT2D eigenvalue weighted by atomic mass is 16.6. The second-order valence-electron chi connectivity index (χ2n) is 12.7. The number of hydrogen-bond acceptors (Lipinski definition) is 4. The minimum absolute atomic E-state index is 0.0921. The summed E-state index contributed by atoms with van der Waals surface area (Å²) in [5.41, 5.74) is 0.329. The maximum Gasteiger partial charge on any atom is 0.336 e. The number of rotatable bonds is 4. The summed E-state index contributed by atoms with van der Waals surface area (Å²) in [5.74, 6) is 1.06. The number of benzene rings is 1. The zero-order chi connectivity index (χ0) is 24.6. The van der Waals surface area contributed by atoms with E-state index in [0.29, 0.717) is 40.2 Å². The highest BCUT2D eigenvalue weighted by Crippen LogP contribution is 2.75. The van der Waals surface area contributed by atoms with E-state index in [4.69, 9.17) is 9.47 Å². The Balaban J connectivity index is 1.88. The molecular formula is C28H40O5. The summed E-state index contributed by atoms with van der Waals surface area (Å²) in [6.45, 7) is 14.8. The normalized spacial score (nSPS) is 34.6. The van der Waals surface area contributed by atoms with Crippen LogP contribution in [0.5, 0.6) is 11.5 Å². The maximum absolute atomic E-state index is 12.7. The van der Waals surface area contributed by atoms with Gasteiger partial charge in [-0.25, -0.2) is 4.79 Å². The molecule has 4 rings (SSSR count). The fourth-order valence-electron chi connectivity index (χ4n) is 8.06. The van der Waals surface area contributed by atoms with E-state index in [-0.39, 0.29) is 22.4 Å². The molecule has 3 fully saturated rings. The van der Waals surface area contributed by atoms with Crippen LogP contribution in [0, 0.1) is 34.0 Å². The number of carboxylic acids is 1. The zero-order valence-electron chi connectivity index (χ0n) is 21.5. The van der Waals surface area contributed by atoms with Gasteiger partial charge in [-0.3, -0.25) is 4.79 Å². The van der Waals surface area contributed by atoms with Crippen molar-refractivity contribution in [1.29, 1.82) is 0 Å². The number of carbonyl (C=O) groups excluding carboxylic acids is 1. The molecule has 0 amide bonds. The van der Waals surface area contributed by atoms with Crippen molar-refractivity contribution in [2.45, 2.75) is 86.0 Å². The van der Waals surface area contributed by atoms with Gasteiger partial charge in [0.1, 0.15) is 0 Å². The van der Waals surface area contributed by atoms with Gasteiger partial charge in [-0.1, -0.05) is 27.7 Å². The van der Waals surface area contributed by atoms with Crippen LogP contribution in [-0.2, 0) is 10.2 Å². The van der Waals surface area contributed by atoms with E-state index in [9.17, 15) is 14.7 Å². The molecule has 5 nitrogen and oxygen atoms in total. The third-order valence-corrected chi connectivity index (χ3v) is 9.77. The van der Waals surface area contributed by atoms with Crippen LogP contribution in [0.25, 0.3) is 0 Å². The molecule has 0 aromatic heterocycles. The number of carbonyl (C=O) groups is 2. The standard InChI is InChI=1S/C28H40O5/c1-16-9-12-19-26(5,6)20-15-28(16,19)14-13-27(20,7)21-17(23(29)30)10-11-18(22(21)32-8)33-24(31)25(2,3)4/h10-11,16,19-20H,9,12-15H2,1-8H3,(H,29,30)/t16?,19-,20+,27?,28-/m0/s1. The first-order valence-corrected chi connectivity index (χ1v) is 12.4. The highest BCUT2D eigenvalue weighted by Gasteiger charge is 2.68. The lowest BCUT2D eigenvalue weighted by Crippen LogP contribution is -2.43. The second-order valence-corrected chi connectivity index (χ2v) is 12.7. The summed E-state index contributed by atoms with van der Waals surface area (Å²) in [7, 11) is 1.54. The van der Waals surface area contributed by atoms with E-state index in [1.165, 1.54) is 12.8 Å². The van der Waals surface area contributed by atoms with Gasteiger partial charge in [-0.2, -0.15) is 0 Å². The van der Waals surface area contributed by atoms with Crippen LogP contribution in [0.15, 0.2) is 12.1 Å². The second kappa shape index (κ2) is 7.48. The summed E-state index contributed by atoms with van der Waals surface area (Å²) in [5, 5.41) is 10.2. The minimum atomic E-state index is -0.970. The average Bonchev–Trinajstić information content (AvgIpc) is 3.14. The van der Waals surface area contributed by atoms with Crippen LogP contribution in [-0.4, -0.2) is 24.2 Å². The summed E-state index contributed by atoms with van der Waals surface area (Å²) in [6.07, 6.45) is 5.68. The molecule has 0 radical (unpaired) electrons. The van der Waals surface area contributed by atoms with E-state index < -0.39 is 11.4 Å². The fourth-order valence-corrected chi connectivity index (χ4v) is 8.06. The van der Waals surface area contributed by atoms with Crippen LogP contribution in [0.2, 0.25) is 0 Å². The van der Waals surface area contributed by atoms with Crippen molar-refractivity contribution in [3.63, 3.8) is 0 Å². The van der Waals surface area contributed by atoms with Crippen LogP contribution in [0.4, 0.5) is 0 Å². The molecule has 0 heterocycles. The zero-order valence-corrected chi connectivity index (χ0v) is 21.5. The van der Waals surface area contributed by atoms with Crippen molar-refractivity contribution in [2.75, 3.05) is 7.11 Å². The highest BCUT2D eigenvalue weighted by molar-refractivity contribution is 5.92. The molecule has 1 aromatic rings. The Labute approximate surface area is 198 Å². The molecule has 5 atom stereocenters. The molecule has 5 heteroatoms. The molecule has 2 bridgehead atoms. The predicted octanol–water partition coefficient (Wildman–Crippen LogP) is 6.48. The average molecular weight is 457 g/mol. The number of fused-ring (bicyclic) bond motifs is 1. The van der Waals surface area contributed by atoms with Gasteiger partial charge in [0, 0.05) is 11.0 Å². The lowest BCUT2D eigenvalue weighted by molar-refractivity contribution is -0.143. The molecule has 1 spiro atoms. The van der Waals surface area contributed by atoms with Crippen LogP contribution >= 0.6 is 0 Å². The van der Waals surface area contributed by atoms with Crippen molar-refractivity contribution in [3.8, 4) is 11.5 Å². The number of esters is 1. The largest absolute Gasteiger partial charge is 0.492 e. The van der Waals surface area contributed by atoms with Crippen LogP contribution in [0.1, 0.15) is 96.5 Å². The van der Waals surface area contributed by atoms with E-state index in [1.807, 2.05) is 0 Å². The Morgan fingerprint density at radius 3 is 2.30 bits per heavy atom. The van der Waals surface area contributed by atoms with Gasteiger partial charge >= 0.3 is 11.9 Å². The van der Waals surface area contributed by atoms with E-state index >= 15 is 0 Å². The van der Waals surface area contributed by atoms with Gasteiger partial charge in [0.25, 0.3) is 0 Å². The molecule has 3 aliphatic carbocycles. The number of ether oxygens (including phenoxy) is 2. The minimum Gasteiger partial charge on any atom is -0.492 e. The molecule has 1 N–H and O–H groups in total. The van der Waals surface area contributed by atoms with Crippen molar-refractivity contribution >= 4 is 11.9 Å². The lowest BCUT2D eigenvalue weighted by atomic mass is 9.55. The predicted molar refractivity (Wildman–Crippen MR) is 128 cm³/mol. The van der Waals surface area contributed by atoms with Gasteiger partial charge < -0.3 is 14.6 Å². The van der Waals surface area contributed by atoms with Crippen molar-refractivity contribution in [3.05, 3.63) is 23.3 Å². The topological polar surface area (TPSA) is 72.8 Å². The van der Waals surface area contributed by atoms with E-state index in [2.05, 4.69) is 27.7 Å². The Morgan fingerprint density at radius 1 is 1.06 bits per heavy atom. The van der Waals surface area contributed by atoms with Gasteiger partial charge in [0.05, 0.1) is 18.1 Å². The molecule has 3 aliphatic rings. The molecular weight excluding hydrogens is 416 g/mol. The van der Waals surface area contributed by atoms with Crippen molar-refractivity contribution < 1.29 is 24.2 Å². The summed E-state index contributed by atoms with van der Waals surface area (Å²) < 4.78 is 11.6. The number of aromatic carboxylic acids is 1. The van der Waals surface area contributed by atoms with E-state index in [0.717, 1.165) is 19.3 Å². The monoisotopic (exact) mass is 456 g/mol. The van der Waals surface area contributed by atoms with Crippen LogP contribution in [0.3, 0.4) is 0 Å². The Bertz CT molecular complexity index is 987. The van der Waals surface area contributed by atoms with Gasteiger partial charge in [0.2, 0.25) is 0 Å². The van der Waals surface area contributed by atoms with Gasteiger partial charge in [-0.05, 0) is 93.6 Å². The first-order valence-electron chi connectivity index (χ1n) is 12.4. The third kappa shape index (κ3) is 3.32. The first kappa shape index (κ1) is 24.1. The lowest BCUT2D eigenvalue weighted by Gasteiger charge is -2.48. The van der Waals surface area contributed by atoms with Crippen LogP contribution < -0.4 is 9.47 Å². The smallest absolute Gasteiger partial charge is 0.336 e. The SMILES string of the molecule is COc1c(OC(=O)C(C)(C)C)ccc(C(=O)O)c1C1(C)CC[C@@]23C[C@@H]1C(C)(C)[C@@H]2CCC3C. The van der Waals surface area contributed by atoms with Crippen molar-refractivity contribution in [2.24, 2.45) is 34.0 Å². The first-order chi connectivity index (χ1) is 15.2. The molecule has 0 aliphatic heterocycles. The molecule has 2 unspecified atom stereocenters. The third-order valence-electron chi connectivity index (χ3n) is 9.77. The molecule has 182 valence electrons. The quantitative estimate of drug-likeness (QED) is 0.415. The molecule has 0 saturated heterocycles. The number of carboxylic acid groups (broad SMARTS) is 1. The Morgan fingerprint density at radius 2 is 1.73 bits per heavy atom. The summed E-state index contributed by atoms with van der Waals surface area (Å²) in [6, 6.07) is 3.16. The van der Waals surface area contributed by atoms with Gasteiger partial charge in [0.15, 0.2) is 11.5 Å². The maximum atomic E-state index is 12.7. The molecule has 1 aromatic carbocycles. The molecule has 3 saturated carbocycles. The molecule has 33 heavy (non-hydrogen) atoms. The fraction of sp³-hybridized carbons (Fsp3) is 0.714.